The number of H-pyrrole nitrogens is 1. The van der Waals surface area contributed by atoms with Crippen LogP contribution in [-0.2, 0) is 28.8 Å². The number of anilines is 3. The molecule has 4 aromatic carbocycles. The van der Waals surface area contributed by atoms with Crippen molar-refractivity contribution in [1.82, 2.24) is 35.6 Å². The number of fused-ring (bicyclic) bond motifs is 4. The topological polar surface area (TPSA) is 278 Å². The van der Waals surface area contributed by atoms with Crippen LogP contribution in [0, 0.1) is 11.8 Å². The molecule has 4 atom stereocenters. The Bertz CT molecular complexity index is 3220. The summed E-state index contributed by atoms with van der Waals surface area (Å²) in [4.78, 5) is 129. The lowest BCUT2D eigenvalue weighted by Crippen LogP contribution is -2.58. The van der Waals surface area contributed by atoms with Gasteiger partial charge in [0.15, 0.2) is 0 Å². The van der Waals surface area contributed by atoms with Crippen molar-refractivity contribution in [2.75, 3.05) is 74.3 Å². The van der Waals surface area contributed by atoms with E-state index in [9.17, 15) is 43.2 Å². The summed E-state index contributed by atoms with van der Waals surface area (Å²) in [5.74, 6) is -4.20. The number of piperazine rings is 1. The van der Waals surface area contributed by atoms with Crippen molar-refractivity contribution < 1.29 is 47.9 Å². The Balaban J connectivity index is 0.884. The fraction of sp³-hybridized carbons (Fsp3) is 0.407. The van der Waals surface area contributed by atoms with Crippen molar-refractivity contribution in [3.63, 3.8) is 0 Å². The van der Waals surface area contributed by atoms with Crippen molar-refractivity contribution in [2.45, 2.75) is 83.8 Å². The van der Waals surface area contributed by atoms with E-state index in [0.717, 1.165) is 34.3 Å². The van der Waals surface area contributed by atoms with Crippen LogP contribution in [0.5, 0.6) is 5.75 Å². The predicted molar refractivity (Wildman–Crippen MR) is 309 cm³/mol. The maximum Gasteiger partial charge on any atom is 0.415 e. The SMILES string of the molecule is CC(C)C(NC(=O)CCCN1C(=O)C=CC1=O)C(=O)NC(C(=O)N[C@@H](CCCCN)C(=O)Nc1ccc(C(=O)Nc2ccc3[nH]c(C(=O)N4C[C@@H](CCl)c5c4cc(OC(=O)N4CCN(C)CC4)c4ccccc54)cc3c2)cc1)C(C)C. The lowest BCUT2D eigenvalue weighted by atomic mass is 9.95. The molecule has 1 fully saturated rings. The summed E-state index contributed by atoms with van der Waals surface area (Å²) in [6.45, 7) is 10.2. The molecular formula is C59H70ClN11O10. The maximum atomic E-state index is 14.5. The van der Waals surface area contributed by atoms with Gasteiger partial charge in [0.05, 0.1) is 5.69 Å². The number of unbranched alkanes of at least 4 members (excludes halogenated alkanes) is 1. The fourth-order valence-electron chi connectivity index (χ4n) is 10.2. The van der Waals surface area contributed by atoms with E-state index < -0.39 is 71.5 Å². The first-order valence-corrected chi connectivity index (χ1v) is 27.9. The second-order valence-electron chi connectivity index (χ2n) is 21.4. The van der Waals surface area contributed by atoms with Crippen molar-refractivity contribution in [1.29, 1.82) is 0 Å². The predicted octanol–water partition coefficient (Wildman–Crippen LogP) is 5.84. The third-order valence-electron chi connectivity index (χ3n) is 14.8. The van der Waals surface area contributed by atoms with Crippen molar-refractivity contribution in [3.05, 3.63) is 108 Å². The smallest absolute Gasteiger partial charge is 0.409 e. The number of nitrogens with two attached hydrogens (primary N) is 1. The number of hydrogen-bond acceptors (Lipinski definition) is 12. The van der Waals surface area contributed by atoms with E-state index in [1.165, 1.54) is 12.2 Å². The first-order valence-electron chi connectivity index (χ1n) is 27.4. The van der Waals surface area contributed by atoms with Crippen LogP contribution in [0.15, 0.2) is 91.0 Å². The average Bonchev–Trinajstić information content (AvgIpc) is 4.16. The zero-order valence-electron chi connectivity index (χ0n) is 46.1. The van der Waals surface area contributed by atoms with E-state index in [2.05, 4.69) is 36.5 Å². The molecular weight excluding hydrogens is 1060 g/mol. The van der Waals surface area contributed by atoms with E-state index in [0.29, 0.717) is 78.4 Å². The molecule has 0 aliphatic carbocycles. The molecule has 5 aromatic rings. The van der Waals surface area contributed by atoms with Crippen LogP contribution in [0.25, 0.3) is 21.7 Å². The Morgan fingerprint density at radius 1 is 0.741 bits per heavy atom. The van der Waals surface area contributed by atoms with Crippen LogP contribution >= 0.6 is 11.6 Å². The number of likely N-dealkylation sites (N-methyl/N-ethyl adjacent to an activating group) is 1. The molecule has 3 aliphatic rings. The van der Waals surface area contributed by atoms with Gasteiger partial charge in [-0.25, -0.2) is 4.79 Å². The molecule has 3 aliphatic heterocycles. The molecule has 8 rings (SSSR count). The van der Waals surface area contributed by atoms with Crippen molar-refractivity contribution in [3.8, 4) is 5.75 Å². The maximum absolute atomic E-state index is 14.5. The van der Waals surface area contributed by atoms with Gasteiger partial charge in [0.2, 0.25) is 23.6 Å². The highest BCUT2D eigenvalue weighted by molar-refractivity contribution is 6.19. The van der Waals surface area contributed by atoms with Gasteiger partial charge in [0, 0.05) is 109 Å². The fourth-order valence-corrected chi connectivity index (χ4v) is 10.5. The summed E-state index contributed by atoms with van der Waals surface area (Å²) in [5, 5.41) is 16.3. The molecule has 21 nitrogen and oxygen atoms in total. The highest BCUT2D eigenvalue weighted by atomic mass is 35.5. The van der Waals surface area contributed by atoms with Crippen LogP contribution in [0.1, 0.15) is 92.1 Å². The van der Waals surface area contributed by atoms with Crippen molar-refractivity contribution in [2.24, 2.45) is 17.6 Å². The normalized spacial score (nSPS) is 16.4. The van der Waals surface area contributed by atoms with Gasteiger partial charge >= 0.3 is 6.09 Å². The van der Waals surface area contributed by atoms with Crippen LogP contribution in [0.4, 0.5) is 21.9 Å². The number of imide groups is 1. The number of hydrogen-bond donors (Lipinski definition) is 7. The van der Waals surface area contributed by atoms with Gasteiger partial charge < -0.3 is 56.7 Å². The molecule has 0 radical (unpaired) electrons. The molecule has 1 saturated heterocycles. The number of aromatic amines is 1. The summed E-state index contributed by atoms with van der Waals surface area (Å²) in [6.07, 6.45) is 3.35. The first-order chi connectivity index (χ1) is 38.8. The summed E-state index contributed by atoms with van der Waals surface area (Å²) in [7, 11) is 2.01. The molecule has 428 valence electrons. The molecule has 81 heavy (non-hydrogen) atoms. The van der Waals surface area contributed by atoms with E-state index in [4.69, 9.17) is 22.1 Å². The lowest BCUT2D eigenvalue weighted by Gasteiger charge is -2.31. The molecule has 4 heterocycles. The number of rotatable bonds is 22. The zero-order valence-corrected chi connectivity index (χ0v) is 46.9. The molecule has 2 unspecified atom stereocenters. The van der Waals surface area contributed by atoms with Crippen LogP contribution in [0.2, 0.25) is 0 Å². The van der Waals surface area contributed by atoms with E-state index in [-0.39, 0.29) is 55.0 Å². The van der Waals surface area contributed by atoms with Gasteiger partial charge in [-0.2, -0.15) is 0 Å². The Hall–Kier alpha value is -8.14. The number of carbonyl (C=O) groups excluding carboxylic acids is 9. The number of nitrogens with zero attached hydrogens (tertiary/aromatic N) is 4. The molecule has 9 amide bonds. The second-order valence-corrected chi connectivity index (χ2v) is 21.7. The number of aromatic nitrogens is 1. The lowest BCUT2D eigenvalue weighted by molar-refractivity contribution is -0.137. The number of nitrogens with one attached hydrogen (secondary N) is 6. The zero-order chi connectivity index (χ0) is 58.1. The molecule has 0 spiro atoms. The Kier molecular flexibility index (Phi) is 19.2. The number of benzene rings is 4. The summed E-state index contributed by atoms with van der Waals surface area (Å²) in [5.41, 5.74) is 9.35. The number of amides is 9. The van der Waals surface area contributed by atoms with E-state index >= 15 is 0 Å². The highest BCUT2D eigenvalue weighted by Crippen LogP contribution is 2.46. The Labute approximate surface area is 474 Å². The Morgan fingerprint density at radius 3 is 2.06 bits per heavy atom. The van der Waals surface area contributed by atoms with Gasteiger partial charge in [-0.1, -0.05) is 52.0 Å². The summed E-state index contributed by atoms with van der Waals surface area (Å²) in [6, 6.07) is 19.5. The third kappa shape index (κ3) is 14.1. The van der Waals surface area contributed by atoms with Gasteiger partial charge in [-0.15, -0.1) is 11.6 Å². The Morgan fingerprint density at radius 2 is 1.40 bits per heavy atom. The summed E-state index contributed by atoms with van der Waals surface area (Å²) < 4.78 is 6.06. The number of alkyl halides is 1. The van der Waals surface area contributed by atoms with Gasteiger partial charge in [0.25, 0.3) is 23.6 Å². The number of halogens is 1. The van der Waals surface area contributed by atoms with E-state index in [1.807, 2.05) is 31.3 Å². The number of ether oxygens (including phenoxy) is 1. The van der Waals surface area contributed by atoms with Crippen LogP contribution in [-0.4, -0.2) is 150 Å². The molecule has 8 N–H and O–H groups in total. The second kappa shape index (κ2) is 26.4. The standard InChI is InChI=1S/C59H70ClN11O10/c1-34(2)52(66-48(72)14-10-24-70-49(73)21-22-50(70)74)57(78)67-53(35(3)4)56(77)65-44(13-8-9-23-61)55(76)62-39-17-15-36(16-18-39)54(75)63-40-19-20-43-37(29-40)30-45(64-43)58(79)71-33-38(32-60)51-42-12-7-6-11-41(42)47(31-46(51)71)81-59(80)69-27-25-68(5)26-28-69/h6-7,11-12,15-22,29-31,34-35,38,44,52-53,64H,8-10,13-14,23-28,32-33,61H2,1-5H3,(H,62,76)(H,63,75)(H,65,77)(H,66,72)(H,67,78)/t38-,44+,52?,53?/m1/s1. The summed E-state index contributed by atoms with van der Waals surface area (Å²) >= 11 is 6.57. The largest absolute Gasteiger partial charge is 0.415 e. The van der Waals surface area contributed by atoms with Gasteiger partial charge in [-0.3, -0.25) is 43.3 Å². The van der Waals surface area contributed by atoms with Crippen LogP contribution < -0.4 is 42.0 Å². The first kappa shape index (κ1) is 59.0. The minimum atomic E-state index is -1.08. The molecule has 22 heteroatoms. The molecule has 0 bridgehead atoms. The monoisotopic (exact) mass is 1130 g/mol. The highest BCUT2D eigenvalue weighted by Gasteiger charge is 2.37. The average molecular weight is 1130 g/mol. The number of carbonyl (C=O) groups is 9. The minimum Gasteiger partial charge on any atom is -0.409 e. The van der Waals surface area contributed by atoms with Crippen molar-refractivity contribution >= 4 is 104 Å². The molecule has 1 aromatic heterocycles. The van der Waals surface area contributed by atoms with Crippen LogP contribution in [0.3, 0.4) is 0 Å². The molecule has 0 saturated carbocycles. The third-order valence-corrected chi connectivity index (χ3v) is 15.2. The minimum absolute atomic E-state index is 0.0484. The van der Waals surface area contributed by atoms with Gasteiger partial charge in [-0.05, 0) is 111 Å². The van der Waals surface area contributed by atoms with E-state index in [1.54, 1.807) is 92.1 Å². The van der Waals surface area contributed by atoms with Gasteiger partial charge in [0.1, 0.15) is 29.6 Å². The quantitative estimate of drug-likeness (QED) is 0.0245.